The Morgan fingerprint density at radius 1 is 1.07 bits per heavy atom. The molecule has 4 rings (SSSR count). The van der Waals surface area contributed by atoms with Gasteiger partial charge in [0.15, 0.2) is 0 Å². The van der Waals surface area contributed by atoms with Gasteiger partial charge in [-0.25, -0.2) is 0 Å². The number of furan rings is 1. The van der Waals surface area contributed by atoms with Gasteiger partial charge in [0.05, 0.1) is 11.6 Å². The molecule has 0 bridgehead atoms. The summed E-state index contributed by atoms with van der Waals surface area (Å²) < 4.78 is 5.53. The average molecular weight is 362 g/mol. The molecule has 1 aliphatic rings. The lowest BCUT2D eigenvalue weighted by atomic mass is 9.93. The van der Waals surface area contributed by atoms with Crippen LogP contribution < -0.4 is 5.32 Å². The first-order valence-corrected chi connectivity index (χ1v) is 9.12. The Hall–Kier alpha value is -3.08. The molecule has 2 atom stereocenters. The first-order chi connectivity index (χ1) is 13.0. The van der Waals surface area contributed by atoms with Crippen molar-refractivity contribution in [1.29, 1.82) is 0 Å². The van der Waals surface area contributed by atoms with Gasteiger partial charge in [-0.3, -0.25) is 9.59 Å². The van der Waals surface area contributed by atoms with Crippen LogP contribution in [0, 0.1) is 6.92 Å². The summed E-state index contributed by atoms with van der Waals surface area (Å²) in [6.07, 6.45) is 1.53. The Bertz CT molecular complexity index is 990. The van der Waals surface area contributed by atoms with E-state index in [0.29, 0.717) is 24.2 Å². The summed E-state index contributed by atoms with van der Waals surface area (Å²) in [6, 6.07) is 15.7. The van der Waals surface area contributed by atoms with E-state index in [0.717, 1.165) is 10.9 Å². The van der Waals surface area contributed by atoms with Crippen molar-refractivity contribution in [3.8, 4) is 0 Å². The molecular formula is C22H22N2O3. The number of hydrogen-bond acceptors (Lipinski definition) is 3. The van der Waals surface area contributed by atoms with Crippen LogP contribution in [0.1, 0.15) is 34.3 Å². The minimum absolute atomic E-state index is 0.0649. The Labute approximate surface area is 158 Å². The molecule has 3 aromatic rings. The van der Waals surface area contributed by atoms with E-state index in [1.165, 1.54) is 18.8 Å². The van der Waals surface area contributed by atoms with Crippen molar-refractivity contribution < 1.29 is 14.0 Å². The van der Waals surface area contributed by atoms with E-state index in [2.05, 4.69) is 29.6 Å². The average Bonchev–Trinajstić information content (AvgIpc) is 3.26. The van der Waals surface area contributed by atoms with Crippen LogP contribution in [0.2, 0.25) is 0 Å². The van der Waals surface area contributed by atoms with Crippen LogP contribution in [0.25, 0.3) is 11.0 Å². The van der Waals surface area contributed by atoms with Gasteiger partial charge in [0.25, 0.3) is 5.91 Å². The quantitative estimate of drug-likeness (QED) is 0.776. The lowest BCUT2D eigenvalue weighted by Crippen LogP contribution is -2.39. The first-order valence-electron chi connectivity index (χ1n) is 9.12. The first kappa shape index (κ1) is 17.3. The third-order valence-corrected chi connectivity index (χ3v) is 5.21. The van der Waals surface area contributed by atoms with Crippen molar-refractivity contribution in [2.24, 2.45) is 0 Å². The van der Waals surface area contributed by atoms with Crippen LogP contribution in [0.4, 0.5) is 0 Å². The summed E-state index contributed by atoms with van der Waals surface area (Å²) in [4.78, 5) is 26.6. The molecule has 0 saturated carbocycles. The number of nitrogens with zero attached hydrogens (tertiary/aromatic N) is 1. The fourth-order valence-corrected chi connectivity index (χ4v) is 3.84. The van der Waals surface area contributed by atoms with E-state index in [1.807, 2.05) is 36.1 Å². The Balaban J connectivity index is 1.63. The van der Waals surface area contributed by atoms with Gasteiger partial charge in [0.2, 0.25) is 5.91 Å². The van der Waals surface area contributed by atoms with Gasteiger partial charge < -0.3 is 14.6 Å². The van der Waals surface area contributed by atoms with Crippen LogP contribution in [0.15, 0.2) is 59.2 Å². The molecule has 2 amide bonds. The molecule has 5 heteroatoms. The van der Waals surface area contributed by atoms with Crippen molar-refractivity contribution in [3.63, 3.8) is 0 Å². The van der Waals surface area contributed by atoms with Crippen LogP contribution in [0.5, 0.6) is 0 Å². The molecule has 0 spiro atoms. The lowest BCUT2D eigenvalue weighted by Gasteiger charge is -2.19. The number of hydrogen-bond donors (Lipinski definition) is 1. The van der Waals surface area contributed by atoms with E-state index in [-0.39, 0.29) is 23.8 Å². The van der Waals surface area contributed by atoms with Crippen LogP contribution in [-0.4, -0.2) is 35.8 Å². The maximum Gasteiger partial charge on any atom is 0.257 e. The topological polar surface area (TPSA) is 62.6 Å². The highest BCUT2D eigenvalue weighted by molar-refractivity contribution is 6.06. The van der Waals surface area contributed by atoms with Gasteiger partial charge in [-0.15, -0.1) is 0 Å². The number of nitrogens with one attached hydrogen (secondary N) is 1. The Morgan fingerprint density at radius 3 is 2.56 bits per heavy atom. The van der Waals surface area contributed by atoms with E-state index < -0.39 is 0 Å². The highest BCUT2D eigenvalue weighted by atomic mass is 16.3. The van der Waals surface area contributed by atoms with Gasteiger partial charge in [0, 0.05) is 31.3 Å². The molecule has 0 unspecified atom stereocenters. The molecular weight excluding hydrogens is 340 g/mol. The number of likely N-dealkylation sites (tertiary alicyclic amines) is 1. The number of carbonyl (C=O) groups excluding carboxylic acids is 2. The third-order valence-electron chi connectivity index (χ3n) is 5.21. The fraction of sp³-hybridized carbons (Fsp3) is 0.273. The van der Waals surface area contributed by atoms with Crippen LogP contribution in [0.3, 0.4) is 0 Å². The summed E-state index contributed by atoms with van der Waals surface area (Å²) in [5, 5.41) is 3.83. The van der Waals surface area contributed by atoms with Crippen molar-refractivity contribution in [3.05, 3.63) is 71.5 Å². The molecule has 1 aromatic heterocycles. The van der Waals surface area contributed by atoms with Crippen molar-refractivity contribution in [2.75, 3.05) is 13.1 Å². The van der Waals surface area contributed by atoms with Gasteiger partial charge in [-0.05, 0) is 18.6 Å². The molecule has 1 aliphatic heterocycles. The summed E-state index contributed by atoms with van der Waals surface area (Å²) in [6.45, 7) is 4.60. The molecule has 0 radical (unpaired) electrons. The number of carbonyl (C=O) groups is 2. The Morgan fingerprint density at radius 2 is 1.81 bits per heavy atom. The number of rotatable bonds is 3. The van der Waals surface area contributed by atoms with Crippen LogP contribution in [-0.2, 0) is 4.79 Å². The number of amides is 2. The standard InChI is InChI=1S/C22H22N2O3/c1-14-7-9-16(10-8-14)18-11-24(12-20(18)23-15(2)25)22(26)19-13-27-21-6-4-3-5-17(19)21/h3-10,13,18,20H,11-12H2,1-2H3,(H,23,25)/t18-,20+/m0/s1. The molecule has 1 saturated heterocycles. The molecule has 0 aliphatic carbocycles. The second kappa shape index (κ2) is 6.91. The maximum atomic E-state index is 13.1. The number of benzene rings is 2. The number of fused-ring (bicyclic) bond motifs is 1. The molecule has 5 nitrogen and oxygen atoms in total. The third kappa shape index (κ3) is 3.33. The molecule has 2 heterocycles. The SMILES string of the molecule is CC(=O)N[C@@H]1CN(C(=O)c2coc3ccccc23)C[C@H]1c1ccc(C)cc1. The molecule has 27 heavy (non-hydrogen) atoms. The van der Waals surface area contributed by atoms with Crippen molar-refractivity contribution >= 4 is 22.8 Å². The summed E-state index contributed by atoms with van der Waals surface area (Å²) in [7, 11) is 0. The predicted molar refractivity (Wildman–Crippen MR) is 104 cm³/mol. The van der Waals surface area contributed by atoms with Crippen molar-refractivity contribution in [1.82, 2.24) is 10.2 Å². The molecule has 1 fully saturated rings. The minimum atomic E-state index is -0.104. The zero-order chi connectivity index (χ0) is 19.0. The lowest BCUT2D eigenvalue weighted by molar-refractivity contribution is -0.119. The zero-order valence-electron chi connectivity index (χ0n) is 15.4. The second-order valence-electron chi connectivity index (χ2n) is 7.18. The molecule has 2 aromatic carbocycles. The zero-order valence-corrected chi connectivity index (χ0v) is 15.4. The normalized spacial score (nSPS) is 19.4. The molecule has 138 valence electrons. The fourth-order valence-electron chi connectivity index (χ4n) is 3.84. The largest absolute Gasteiger partial charge is 0.463 e. The van der Waals surface area contributed by atoms with Gasteiger partial charge >= 0.3 is 0 Å². The van der Waals surface area contributed by atoms with E-state index in [4.69, 9.17) is 4.42 Å². The number of para-hydroxylation sites is 1. The summed E-state index contributed by atoms with van der Waals surface area (Å²) in [5.74, 6) is -0.0818. The van der Waals surface area contributed by atoms with Gasteiger partial charge in [-0.2, -0.15) is 0 Å². The minimum Gasteiger partial charge on any atom is -0.463 e. The van der Waals surface area contributed by atoms with Crippen molar-refractivity contribution in [2.45, 2.75) is 25.8 Å². The van der Waals surface area contributed by atoms with Gasteiger partial charge in [-0.1, -0.05) is 48.0 Å². The molecule has 1 N–H and O–H groups in total. The monoisotopic (exact) mass is 362 g/mol. The van der Waals surface area contributed by atoms with E-state index in [1.54, 1.807) is 0 Å². The summed E-state index contributed by atoms with van der Waals surface area (Å²) >= 11 is 0. The highest BCUT2D eigenvalue weighted by Crippen LogP contribution is 2.31. The Kier molecular flexibility index (Phi) is 4.44. The summed E-state index contributed by atoms with van der Waals surface area (Å²) in [5.41, 5.74) is 3.59. The maximum absolute atomic E-state index is 13.1. The van der Waals surface area contributed by atoms with Crippen LogP contribution >= 0.6 is 0 Å². The second-order valence-corrected chi connectivity index (χ2v) is 7.18. The number of aryl methyl sites for hydroxylation is 1. The highest BCUT2D eigenvalue weighted by Gasteiger charge is 2.37. The predicted octanol–water partition coefficient (Wildman–Crippen LogP) is 3.49. The smallest absolute Gasteiger partial charge is 0.257 e. The van der Waals surface area contributed by atoms with E-state index >= 15 is 0 Å². The van der Waals surface area contributed by atoms with Gasteiger partial charge in [0.1, 0.15) is 11.8 Å². The van der Waals surface area contributed by atoms with E-state index in [9.17, 15) is 9.59 Å².